The molecule has 0 bridgehead atoms. The van der Waals surface area contributed by atoms with Gasteiger partial charge in [0.15, 0.2) is 0 Å². The molecule has 0 atom stereocenters. The zero-order valence-corrected chi connectivity index (χ0v) is 17.7. The van der Waals surface area contributed by atoms with Crippen molar-refractivity contribution in [2.45, 2.75) is 38.2 Å². The minimum atomic E-state index is -0.357. The van der Waals surface area contributed by atoms with Crippen LogP contribution in [0.5, 0.6) is 5.75 Å². The van der Waals surface area contributed by atoms with Crippen LogP contribution >= 0.6 is 11.6 Å². The van der Waals surface area contributed by atoms with Crippen molar-refractivity contribution in [2.24, 2.45) is 5.73 Å². The molecule has 1 spiro atoms. The number of nitrogens with two attached hydrogens (primary N) is 1. The van der Waals surface area contributed by atoms with Crippen molar-refractivity contribution in [2.75, 3.05) is 13.1 Å². The number of hydrogen-bond donors (Lipinski definition) is 1. The van der Waals surface area contributed by atoms with E-state index in [4.69, 9.17) is 22.1 Å². The first-order valence-corrected chi connectivity index (χ1v) is 10.7. The lowest BCUT2D eigenvalue weighted by Gasteiger charge is -2.44. The quantitative estimate of drug-likeness (QED) is 0.594. The molecule has 5 rings (SSSR count). The van der Waals surface area contributed by atoms with Crippen LogP contribution < -0.4 is 10.5 Å². The Hall–Kier alpha value is -2.79. The largest absolute Gasteiger partial charge is 0.485 e. The van der Waals surface area contributed by atoms with Crippen molar-refractivity contribution in [1.29, 1.82) is 0 Å². The Bertz CT molecular complexity index is 1150. The summed E-state index contributed by atoms with van der Waals surface area (Å²) < 4.78 is 6.49. The Kier molecular flexibility index (Phi) is 4.58. The standard InChI is InChI=1S/C24H24ClN3O2/c1-15-19(5-4-16-3-2-10-27-21(15)16)18-13-17-6-7-24(30-22(17)20(25)14-18)8-11-28(12-9-24)23(26)29/h2-5,10,13-14H,6-9,11-12H2,1H3,(H2,26,29). The molecule has 0 saturated carbocycles. The lowest BCUT2D eigenvalue weighted by Crippen LogP contribution is -2.52. The van der Waals surface area contributed by atoms with Crippen molar-refractivity contribution < 1.29 is 9.53 Å². The average Bonchev–Trinajstić information content (AvgIpc) is 2.75. The number of piperidine rings is 1. The van der Waals surface area contributed by atoms with Gasteiger partial charge in [0.1, 0.15) is 11.4 Å². The number of carbonyl (C=O) groups excluding carboxylic acids is 1. The van der Waals surface area contributed by atoms with E-state index in [2.05, 4.69) is 36.2 Å². The molecule has 2 N–H and O–H groups in total. The molecule has 0 aliphatic carbocycles. The lowest BCUT2D eigenvalue weighted by molar-refractivity contribution is -0.00463. The second kappa shape index (κ2) is 7.17. The predicted octanol–water partition coefficient (Wildman–Crippen LogP) is 5.10. The molecule has 1 fully saturated rings. The van der Waals surface area contributed by atoms with Crippen LogP contribution in [0.1, 0.15) is 30.4 Å². The maximum absolute atomic E-state index is 11.4. The fraction of sp³-hybridized carbons (Fsp3) is 0.333. The van der Waals surface area contributed by atoms with Gasteiger partial charge in [-0.25, -0.2) is 4.79 Å². The van der Waals surface area contributed by atoms with Gasteiger partial charge in [0.25, 0.3) is 0 Å². The molecule has 2 aliphatic heterocycles. The van der Waals surface area contributed by atoms with E-state index < -0.39 is 0 Å². The van der Waals surface area contributed by atoms with E-state index in [0.29, 0.717) is 18.1 Å². The Balaban J connectivity index is 1.47. The van der Waals surface area contributed by atoms with Gasteiger partial charge in [0.05, 0.1) is 10.5 Å². The molecule has 3 heterocycles. The number of primary amides is 1. The highest BCUT2D eigenvalue weighted by molar-refractivity contribution is 6.32. The van der Waals surface area contributed by atoms with Crippen LogP contribution in [0.15, 0.2) is 42.6 Å². The van der Waals surface area contributed by atoms with Crippen molar-refractivity contribution in [1.82, 2.24) is 9.88 Å². The highest BCUT2D eigenvalue weighted by Gasteiger charge is 2.41. The van der Waals surface area contributed by atoms with Crippen LogP contribution in [0.2, 0.25) is 5.02 Å². The number of aromatic nitrogens is 1. The predicted molar refractivity (Wildman–Crippen MR) is 119 cm³/mol. The number of ether oxygens (including phenoxy) is 1. The molecular weight excluding hydrogens is 398 g/mol. The third kappa shape index (κ3) is 3.18. The minimum absolute atomic E-state index is 0.257. The SMILES string of the molecule is Cc1c(-c2cc(Cl)c3c(c2)CCC2(CCN(C(N)=O)CC2)O3)ccc2cccnc12. The third-order valence-electron chi connectivity index (χ3n) is 6.61. The molecule has 1 aromatic heterocycles. The van der Waals surface area contributed by atoms with Crippen LogP contribution in [0.4, 0.5) is 4.79 Å². The summed E-state index contributed by atoms with van der Waals surface area (Å²) in [4.78, 5) is 17.7. The summed E-state index contributed by atoms with van der Waals surface area (Å²) in [6, 6.07) is 12.1. The van der Waals surface area contributed by atoms with Gasteiger partial charge in [-0.3, -0.25) is 4.98 Å². The molecule has 1 saturated heterocycles. The smallest absolute Gasteiger partial charge is 0.314 e. The first-order chi connectivity index (χ1) is 14.5. The molecule has 0 radical (unpaired) electrons. The van der Waals surface area contributed by atoms with Crippen molar-refractivity contribution in [3.05, 3.63) is 58.7 Å². The van der Waals surface area contributed by atoms with Crippen molar-refractivity contribution >= 4 is 28.5 Å². The number of urea groups is 1. The van der Waals surface area contributed by atoms with E-state index in [9.17, 15) is 4.79 Å². The molecule has 3 aromatic rings. The maximum Gasteiger partial charge on any atom is 0.314 e. The third-order valence-corrected chi connectivity index (χ3v) is 6.89. The van der Waals surface area contributed by atoms with Gasteiger partial charge < -0.3 is 15.4 Å². The van der Waals surface area contributed by atoms with E-state index in [-0.39, 0.29) is 11.6 Å². The monoisotopic (exact) mass is 421 g/mol. The number of halogens is 1. The number of fused-ring (bicyclic) bond motifs is 2. The second-order valence-corrected chi connectivity index (χ2v) is 8.78. The maximum atomic E-state index is 11.4. The van der Waals surface area contributed by atoms with E-state index in [1.165, 1.54) is 0 Å². The molecule has 5 nitrogen and oxygen atoms in total. The van der Waals surface area contributed by atoms with Gasteiger partial charge in [0.2, 0.25) is 0 Å². The molecule has 2 amide bonds. The number of nitrogens with zero attached hydrogens (tertiary/aromatic N) is 2. The van der Waals surface area contributed by atoms with Crippen LogP contribution in [-0.2, 0) is 6.42 Å². The van der Waals surface area contributed by atoms with Crippen LogP contribution in [0.3, 0.4) is 0 Å². The second-order valence-electron chi connectivity index (χ2n) is 8.37. The highest BCUT2D eigenvalue weighted by atomic mass is 35.5. The number of carbonyl (C=O) groups is 1. The first-order valence-electron chi connectivity index (χ1n) is 10.4. The fourth-order valence-corrected chi connectivity index (χ4v) is 5.10. The molecule has 30 heavy (non-hydrogen) atoms. The number of amides is 2. The normalized spacial score (nSPS) is 17.6. The molecular formula is C24H24ClN3O2. The summed E-state index contributed by atoms with van der Waals surface area (Å²) in [7, 11) is 0. The van der Waals surface area contributed by atoms with Gasteiger partial charge in [-0.2, -0.15) is 0 Å². The van der Waals surface area contributed by atoms with Crippen molar-refractivity contribution in [3.63, 3.8) is 0 Å². The van der Waals surface area contributed by atoms with E-state index >= 15 is 0 Å². The summed E-state index contributed by atoms with van der Waals surface area (Å²) in [5, 5.41) is 1.77. The number of aryl methyl sites for hydroxylation is 2. The highest BCUT2D eigenvalue weighted by Crippen LogP contribution is 2.45. The molecule has 0 unspecified atom stereocenters. The Morgan fingerprint density at radius 2 is 2.00 bits per heavy atom. The summed E-state index contributed by atoms with van der Waals surface area (Å²) in [5.41, 5.74) is 10.7. The zero-order valence-electron chi connectivity index (χ0n) is 17.0. The van der Waals surface area contributed by atoms with E-state index in [0.717, 1.165) is 64.6 Å². The Morgan fingerprint density at radius 3 is 2.77 bits per heavy atom. The average molecular weight is 422 g/mol. The van der Waals surface area contributed by atoms with Crippen molar-refractivity contribution in [3.8, 4) is 16.9 Å². The van der Waals surface area contributed by atoms with Gasteiger partial charge >= 0.3 is 6.03 Å². The fourth-order valence-electron chi connectivity index (χ4n) is 4.83. The van der Waals surface area contributed by atoms with Gasteiger partial charge in [-0.1, -0.05) is 29.8 Å². The number of rotatable bonds is 1. The number of hydrogen-bond acceptors (Lipinski definition) is 3. The number of benzene rings is 2. The van der Waals surface area contributed by atoms with Gasteiger partial charge in [0, 0.05) is 37.5 Å². The van der Waals surface area contributed by atoms with Crippen LogP contribution in [-0.4, -0.2) is 34.6 Å². The van der Waals surface area contributed by atoms with Crippen LogP contribution in [0, 0.1) is 6.92 Å². The Morgan fingerprint density at radius 1 is 1.20 bits per heavy atom. The molecule has 154 valence electrons. The number of likely N-dealkylation sites (tertiary alicyclic amines) is 1. The van der Waals surface area contributed by atoms with Gasteiger partial charge in [-0.15, -0.1) is 0 Å². The van der Waals surface area contributed by atoms with Crippen LogP contribution in [0.25, 0.3) is 22.0 Å². The summed E-state index contributed by atoms with van der Waals surface area (Å²) in [6.07, 6.45) is 5.22. The molecule has 2 aliphatic rings. The van der Waals surface area contributed by atoms with E-state index in [1.54, 1.807) is 4.90 Å². The minimum Gasteiger partial charge on any atom is -0.485 e. The topological polar surface area (TPSA) is 68.5 Å². The Labute approximate surface area is 180 Å². The number of pyridine rings is 1. The summed E-state index contributed by atoms with van der Waals surface area (Å²) in [5.74, 6) is 0.788. The first kappa shape index (κ1) is 19.2. The lowest BCUT2D eigenvalue weighted by atomic mass is 9.82. The molecule has 6 heteroatoms. The molecule has 2 aromatic carbocycles. The summed E-state index contributed by atoms with van der Waals surface area (Å²) >= 11 is 6.72. The van der Waals surface area contributed by atoms with Gasteiger partial charge in [-0.05, 0) is 60.2 Å². The summed E-state index contributed by atoms with van der Waals surface area (Å²) in [6.45, 7) is 3.36. The zero-order chi connectivity index (χ0) is 20.9. The van der Waals surface area contributed by atoms with E-state index in [1.807, 2.05) is 18.3 Å².